The SMILES string of the molecule is C=CCNCCCOc1cccc(Cl)c1.O=C(O)C(=O)O. The van der Waals surface area contributed by atoms with Crippen molar-refractivity contribution in [3.05, 3.63) is 41.9 Å². The zero-order valence-corrected chi connectivity index (χ0v) is 12.2. The predicted octanol–water partition coefficient (Wildman–Crippen LogP) is 2.04. The molecular weight excluding hydrogens is 298 g/mol. The molecule has 1 aromatic carbocycles. The number of carboxylic acids is 2. The monoisotopic (exact) mass is 315 g/mol. The van der Waals surface area contributed by atoms with Crippen molar-refractivity contribution in [2.45, 2.75) is 6.42 Å². The average molecular weight is 316 g/mol. The minimum absolute atomic E-state index is 0.699. The van der Waals surface area contributed by atoms with Crippen LogP contribution in [-0.2, 0) is 9.59 Å². The van der Waals surface area contributed by atoms with Gasteiger partial charge in [0.15, 0.2) is 0 Å². The van der Waals surface area contributed by atoms with E-state index >= 15 is 0 Å². The highest BCUT2D eigenvalue weighted by atomic mass is 35.5. The minimum atomic E-state index is -1.82. The van der Waals surface area contributed by atoms with E-state index in [9.17, 15) is 0 Å². The third-order valence-electron chi connectivity index (χ3n) is 2.03. The van der Waals surface area contributed by atoms with Gasteiger partial charge in [-0.2, -0.15) is 0 Å². The lowest BCUT2D eigenvalue weighted by atomic mass is 10.3. The molecule has 1 aromatic rings. The van der Waals surface area contributed by atoms with Gasteiger partial charge in [0, 0.05) is 11.6 Å². The largest absolute Gasteiger partial charge is 0.493 e. The van der Waals surface area contributed by atoms with Crippen LogP contribution in [0.2, 0.25) is 5.02 Å². The Bertz CT molecular complexity index is 452. The van der Waals surface area contributed by atoms with Crippen LogP contribution in [0.1, 0.15) is 6.42 Å². The van der Waals surface area contributed by atoms with Crippen molar-refractivity contribution < 1.29 is 24.5 Å². The first-order valence-corrected chi connectivity index (χ1v) is 6.51. The van der Waals surface area contributed by atoms with Gasteiger partial charge in [-0.3, -0.25) is 0 Å². The van der Waals surface area contributed by atoms with E-state index in [1.54, 1.807) is 0 Å². The fourth-order valence-electron chi connectivity index (χ4n) is 1.15. The number of hydrogen-bond acceptors (Lipinski definition) is 4. The lowest BCUT2D eigenvalue weighted by Crippen LogP contribution is -2.17. The molecular formula is C14H18ClNO5. The van der Waals surface area contributed by atoms with Crippen LogP contribution in [0.15, 0.2) is 36.9 Å². The zero-order chi connectivity index (χ0) is 16.1. The molecule has 0 bridgehead atoms. The second-order valence-corrected chi connectivity index (χ2v) is 4.20. The smallest absolute Gasteiger partial charge is 0.414 e. The second kappa shape index (κ2) is 11.7. The Morgan fingerprint density at radius 3 is 2.52 bits per heavy atom. The minimum Gasteiger partial charge on any atom is -0.493 e. The Morgan fingerprint density at radius 2 is 2.00 bits per heavy atom. The molecule has 0 aliphatic heterocycles. The first-order chi connectivity index (χ1) is 9.97. The van der Waals surface area contributed by atoms with E-state index in [2.05, 4.69) is 11.9 Å². The summed E-state index contributed by atoms with van der Waals surface area (Å²) in [5.74, 6) is -2.82. The highest BCUT2D eigenvalue weighted by Gasteiger charge is 2.04. The van der Waals surface area contributed by atoms with Gasteiger partial charge in [-0.1, -0.05) is 23.7 Å². The molecule has 7 heteroatoms. The van der Waals surface area contributed by atoms with Crippen LogP contribution in [0.5, 0.6) is 5.75 Å². The topological polar surface area (TPSA) is 95.9 Å². The van der Waals surface area contributed by atoms with E-state index in [-0.39, 0.29) is 0 Å². The molecule has 0 aliphatic rings. The number of rotatable bonds is 7. The molecule has 0 fully saturated rings. The van der Waals surface area contributed by atoms with Crippen LogP contribution in [0.25, 0.3) is 0 Å². The number of ether oxygens (including phenoxy) is 1. The average Bonchev–Trinajstić information content (AvgIpc) is 2.43. The van der Waals surface area contributed by atoms with Gasteiger partial charge in [0.05, 0.1) is 6.61 Å². The van der Waals surface area contributed by atoms with E-state index in [4.69, 9.17) is 36.1 Å². The van der Waals surface area contributed by atoms with Crippen molar-refractivity contribution in [3.8, 4) is 5.75 Å². The number of halogens is 1. The van der Waals surface area contributed by atoms with Crippen LogP contribution in [-0.4, -0.2) is 41.8 Å². The standard InChI is InChI=1S/C12H16ClNO.C2H2O4/c1-2-7-14-8-4-9-15-12-6-3-5-11(13)10-12;3-1(4)2(5)6/h2-3,5-6,10,14H,1,4,7-9H2;(H,3,4)(H,5,6). The lowest BCUT2D eigenvalue weighted by molar-refractivity contribution is -0.159. The maximum atomic E-state index is 9.10. The van der Waals surface area contributed by atoms with E-state index in [0.717, 1.165) is 25.3 Å². The third-order valence-corrected chi connectivity index (χ3v) is 2.27. The number of nitrogens with one attached hydrogen (secondary N) is 1. The summed E-state index contributed by atoms with van der Waals surface area (Å²) in [5.41, 5.74) is 0. The Balaban J connectivity index is 0.000000567. The number of benzene rings is 1. The highest BCUT2D eigenvalue weighted by molar-refractivity contribution is 6.30. The molecule has 0 spiro atoms. The molecule has 116 valence electrons. The van der Waals surface area contributed by atoms with Crippen LogP contribution in [0.3, 0.4) is 0 Å². The van der Waals surface area contributed by atoms with Gasteiger partial charge in [-0.05, 0) is 31.2 Å². The molecule has 0 heterocycles. The Kier molecular flexibility index (Phi) is 10.6. The Morgan fingerprint density at radius 1 is 1.33 bits per heavy atom. The first-order valence-electron chi connectivity index (χ1n) is 6.13. The fourth-order valence-corrected chi connectivity index (χ4v) is 1.33. The molecule has 0 saturated heterocycles. The van der Waals surface area contributed by atoms with Gasteiger partial charge in [0.2, 0.25) is 0 Å². The van der Waals surface area contributed by atoms with Gasteiger partial charge in [-0.15, -0.1) is 6.58 Å². The van der Waals surface area contributed by atoms with Gasteiger partial charge in [0.1, 0.15) is 5.75 Å². The zero-order valence-electron chi connectivity index (χ0n) is 11.4. The molecule has 0 aromatic heterocycles. The Labute approximate surface area is 128 Å². The molecule has 21 heavy (non-hydrogen) atoms. The molecule has 0 saturated carbocycles. The number of aliphatic carboxylic acids is 2. The second-order valence-electron chi connectivity index (χ2n) is 3.76. The molecule has 0 unspecified atom stereocenters. The van der Waals surface area contributed by atoms with Crippen molar-refractivity contribution in [1.82, 2.24) is 5.32 Å². The quantitative estimate of drug-likeness (QED) is 0.405. The maximum Gasteiger partial charge on any atom is 0.414 e. The summed E-state index contributed by atoms with van der Waals surface area (Å²) in [6, 6.07) is 7.44. The first kappa shape index (κ1) is 18.9. The summed E-state index contributed by atoms with van der Waals surface area (Å²) in [5, 5.41) is 18.7. The van der Waals surface area contributed by atoms with E-state index < -0.39 is 11.9 Å². The summed E-state index contributed by atoms with van der Waals surface area (Å²) >= 11 is 5.82. The summed E-state index contributed by atoms with van der Waals surface area (Å²) in [4.78, 5) is 18.2. The molecule has 6 nitrogen and oxygen atoms in total. The Hall–Kier alpha value is -2.05. The number of carbonyl (C=O) groups is 2. The summed E-state index contributed by atoms with van der Waals surface area (Å²) in [7, 11) is 0. The van der Waals surface area contributed by atoms with Crippen molar-refractivity contribution in [2.75, 3.05) is 19.7 Å². The summed E-state index contributed by atoms with van der Waals surface area (Å²) in [6.07, 6.45) is 2.82. The third kappa shape index (κ3) is 11.5. The molecule has 0 aliphatic carbocycles. The van der Waals surface area contributed by atoms with Crippen molar-refractivity contribution in [1.29, 1.82) is 0 Å². The van der Waals surface area contributed by atoms with Gasteiger partial charge >= 0.3 is 11.9 Å². The predicted molar refractivity (Wildman–Crippen MR) is 79.9 cm³/mol. The highest BCUT2D eigenvalue weighted by Crippen LogP contribution is 2.16. The molecule has 0 radical (unpaired) electrons. The van der Waals surface area contributed by atoms with Crippen molar-refractivity contribution in [3.63, 3.8) is 0 Å². The molecule has 3 N–H and O–H groups in total. The van der Waals surface area contributed by atoms with E-state index in [0.29, 0.717) is 11.6 Å². The van der Waals surface area contributed by atoms with Crippen molar-refractivity contribution >= 4 is 23.5 Å². The van der Waals surface area contributed by atoms with E-state index in [1.165, 1.54) is 0 Å². The van der Waals surface area contributed by atoms with Gasteiger partial charge in [0.25, 0.3) is 0 Å². The summed E-state index contributed by atoms with van der Waals surface area (Å²) < 4.78 is 5.52. The van der Waals surface area contributed by atoms with Crippen molar-refractivity contribution in [2.24, 2.45) is 0 Å². The van der Waals surface area contributed by atoms with E-state index in [1.807, 2.05) is 30.3 Å². The maximum absolute atomic E-state index is 9.10. The molecule has 0 amide bonds. The molecule has 1 rings (SSSR count). The molecule has 0 atom stereocenters. The number of carboxylic acid groups (broad SMARTS) is 2. The lowest BCUT2D eigenvalue weighted by Gasteiger charge is -2.06. The normalized spacial score (nSPS) is 9.19. The summed E-state index contributed by atoms with van der Waals surface area (Å²) in [6.45, 7) is 6.11. The fraction of sp³-hybridized carbons (Fsp3) is 0.286. The van der Waals surface area contributed by atoms with Crippen LogP contribution >= 0.6 is 11.6 Å². The van der Waals surface area contributed by atoms with Crippen LogP contribution in [0, 0.1) is 0 Å². The van der Waals surface area contributed by atoms with Gasteiger partial charge in [-0.25, -0.2) is 9.59 Å². The van der Waals surface area contributed by atoms with Crippen LogP contribution < -0.4 is 10.1 Å². The van der Waals surface area contributed by atoms with Gasteiger partial charge < -0.3 is 20.3 Å². The van der Waals surface area contributed by atoms with Crippen LogP contribution in [0.4, 0.5) is 0 Å². The number of hydrogen-bond donors (Lipinski definition) is 3.